The van der Waals surface area contributed by atoms with Gasteiger partial charge in [0.1, 0.15) is 5.84 Å². The van der Waals surface area contributed by atoms with Crippen molar-refractivity contribution in [1.29, 1.82) is 0 Å². The van der Waals surface area contributed by atoms with Gasteiger partial charge in [-0.05, 0) is 67.1 Å². The number of aromatic nitrogens is 2. The highest BCUT2D eigenvalue weighted by Gasteiger charge is 2.38. The fourth-order valence-electron chi connectivity index (χ4n) is 3.89. The van der Waals surface area contributed by atoms with Crippen molar-refractivity contribution >= 4 is 39.8 Å². The van der Waals surface area contributed by atoms with Gasteiger partial charge in [-0.2, -0.15) is 36.4 Å². The van der Waals surface area contributed by atoms with E-state index in [1.54, 1.807) is 24.3 Å². The van der Waals surface area contributed by atoms with Crippen molar-refractivity contribution in [2.75, 3.05) is 13.1 Å². The monoisotopic (exact) mass is 526 g/mol. The summed E-state index contributed by atoms with van der Waals surface area (Å²) >= 11 is 1.02. The van der Waals surface area contributed by atoms with Gasteiger partial charge in [0.25, 0.3) is 0 Å². The third-order valence-electron chi connectivity index (χ3n) is 5.63. The quantitative estimate of drug-likeness (QED) is 0.334. The second kappa shape index (κ2) is 9.64. The number of carbonyl (C=O) groups is 1. The first kappa shape index (κ1) is 25.8. The van der Waals surface area contributed by atoms with Crippen LogP contribution in [0.5, 0.6) is 0 Å². The molecule has 0 bridgehead atoms. The van der Waals surface area contributed by atoms with E-state index in [0.717, 1.165) is 23.4 Å². The highest BCUT2D eigenvalue weighted by atomic mass is 32.2. The number of hydrogen-bond acceptors (Lipinski definition) is 4. The number of rotatable bonds is 5. The molecule has 2 heterocycles. The normalized spacial score (nSPS) is 15.7. The number of nitrogens with zero attached hydrogens (tertiary/aromatic N) is 4. The average Bonchev–Trinajstić information content (AvgIpc) is 3.35. The molecule has 0 N–H and O–H groups in total. The molecule has 5 nitrogen and oxygen atoms in total. The highest BCUT2D eigenvalue weighted by Crippen LogP contribution is 2.38. The van der Waals surface area contributed by atoms with Crippen LogP contribution in [0, 0.1) is 0 Å². The molecule has 1 aliphatic heterocycles. The summed E-state index contributed by atoms with van der Waals surface area (Å²) in [5.41, 5.74) is -1.80. The Morgan fingerprint density at radius 3 is 2.36 bits per heavy atom. The number of amides is 1. The van der Waals surface area contributed by atoms with E-state index >= 15 is 0 Å². The van der Waals surface area contributed by atoms with Crippen molar-refractivity contribution in [3.8, 4) is 0 Å². The van der Waals surface area contributed by atoms with Crippen molar-refractivity contribution in [2.24, 2.45) is 4.99 Å². The standard InChI is InChI=1S/C24H20F6N4OS/c1-3-33(4-2)21-20(36-22(35)31-21)10-14-5-8-19-16(9-14)13-34(32-19)12-15-6-7-17(23(25,26)27)11-18(15)24(28,29)30/h5-11,13H,3-4,12H2,1-2H3/b20-10-. The van der Waals surface area contributed by atoms with Gasteiger partial charge in [0.2, 0.25) is 0 Å². The van der Waals surface area contributed by atoms with Crippen LogP contribution in [0.25, 0.3) is 17.0 Å². The van der Waals surface area contributed by atoms with Crippen molar-refractivity contribution in [3.63, 3.8) is 0 Å². The third-order valence-corrected chi connectivity index (χ3v) is 6.41. The van der Waals surface area contributed by atoms with Crippen LogP contribution < -0.4 is 0 Å². The molecule has 0 atom stereocenters. The molecule has 0 fully saturated rings. The molecular formula is C24H20F6N4OS. The number of carbonyl (C=O) groups excluding carboxylic acids is 1. The van der Waals surface area contributed by atoms with Gasteiger partial charge in [0, 0.05) is 24.7 Å². The Kier molecular flexibility index (Phi) is 6.91. The van der Waals surface area contributed by atoms with Gasteiger partial charge in [-0.3, -0.25) is 9.48 Å². The summed E-state index contributed by atoms with van der Waals surface area (Å²) in [5, 5.41) is 4.59. The predicted molar refractivity (Wildman–Crippen MR) is 127 cm³/mol. The zero-order valence-corrected chi connectivity index (χ0v) is 19.9. The van der Waals surface area contributed by atoms with Gasteiger partial charge in [-0.25, -0.2) is 0 Å². The van der Waals surface area contributed by atoms with Gasteiger partial charge in [-0.15, -0.1) is 0 Å². The van der Waals surface area contributed by atoms with Crippen LogP contribution in [0.2, 0.25) is 0 Å². The van der Waals surface area contributed by atoms with Crippen LogP contribution in [0.4, 0.5) is 31.1 Å². The summed E-state index contributed by atoms with van der Waals surface area (Å²) in [6, 6.07) is 6.80. The molecule has 0 unspecified atom stereocenters. The van der Waals surface area contributed by atoms with Crippen LogP contribution in [-0.2, 0) is 18.9 Å². The number of benzene rings is 2. The number of halogens is 6. The molecule has 0 aliphatic carbocycles. The van der Waals surface area contributed by atoms with Crippen LogP contribution >= 0.6 is 11.8 Å². The molecule has 1 aromatic heterocycles. The molecule has 0 radical (unpaired) electrons. The van der Waals surface area contributed by atoms with Crippen molar-refractivity contribution in [2.45, 2.75) is 32.7 Å². The first-order valence-corrected chi connectivity index (χ1v) is 11.7. The van der Waals surface area contributed by atoms with Crippen LogP contribution in [0.15, 0.2) is 52.5 Å². The second-order valence-corrected chi connectivity index (χ2v) is 8.99. The summed E-state index contributed by atoms with van der Waals surface area (Å²) in [5.74, 6) is 0.591. The topological polar surface area (TPSA) is 50.5 Å². The fourth-order valence-corrected chi connectivity index (χ4v) is 4.68. The minimum atomic E-state index is -4.96. The molecule has 1 amide bonds. The molecule has 0 spiro atoms. The lowest BCUT2D eigenvalue weighted by molar-refractivity contribution is -0.143. The molecule has 1 aliphatic rings. The summed E-state index contributed by atoms with van der Waals surface area (Å²) in [4.78, 5) is 18.6. The van der Waals surface area contributed by atoms with E-state index in [4.69, 9.17) is 0 Å². The van der Waals surface area contributed by atoms with Gasteiger partial charge in [0.15, 0.2) is 0 Å². The van der Waals surface area contributed by atoms with Crippen LogP contribution in [0.1, 0.15) is 36.1 Å². The number of aliphatic imine (C=N–C) groups is 1. The number of alkyl halides is 6. The summed E-state index contributed by atoms with van der Waals surface area (Å²) < 4.78 is 80.6. The van der Waals surface area contributed by atoms with E-state index in [1.807, 2.05) is 18.7 Å². The molecule has 0 saturated carbocycles. The van der Waals surface area contributed by atoms with E-state index < -0.39 is 23.5 Å². The van der Waals surface area contributed by atoms with E-state index in [-0.39, 0.29) is 23.4 Å². The fraction of sp³-hybridized carbons (Fsp3) is 0.292. The molecule has 12 heteroatoms. The number of amidine groups is 1. The van der Waals surface area contributed by atoms with E-state index in [9.17, 15) is 31.1 Å². The Morgan fingerprint density at radius 2 is 1.72 bits per heavy atom. The number of thioether (sulfide) groups is 1. The van der Waals surface area contributed by atoms with E-state index in [1.165, 1.54) is 10.9 Å². The zero-order chi connectivity index (χ0) is 26.3. The minimum Gasteiger partial charge on any atom is -0.356 e. The maximum Gasteiger partial charge on any atom is 0.416 e. The largest absolute Gasteiger partial charge is 0.416 e. The zero-order valence-electron chi connectivity index (χ0n) is 19.1. The molecule has 36 heavy (non-hydrogen) atoms. The van der Waals surface area contributed by atoms with Crippen LogP contribution in [0.3, 0.4) is 0 Å². The number of likely N-dealkylation sites (N-methyl/N-ethyl adjacent to an activating group) is 1. The van der Waals surface area contributed by atoms with Gasteiger partial charge in [-0.1, -0.05) is 12.1 Å². The molecule has 4 rings (SSSR count). The maximum atomic E-state index is 13.5. The summed E-state index contributed by atoms with van der Waals surface area (Å²) in [7, 11) is 0. The maximum absolute atomic E-state index is 13.5. The van der Waals surface area contributed by atoms with Gasteiger partial charge >= 0.3 is 17.6 Å². The first-order valence-electron chi connectivity index (χ1n) is 10.9. The minimum absolute atomic E-state index is 0.123. The van der Waals surface area contributed by atoms with Crippen molar-refractivity contribution in [3.05, 3.63) is 69.8 Å². The average molecular weight is 527 g/mol. The lowest BCUT2D eigenvalue weighted by atomic mass is 10.0. The molecule has 0 saturated heterocycles. The Labute approximate surface area is 206 Å². The Hall–Kier alpha value is -3.28. The van der Waals surface area contributed by atoms with E-state index in [2.05, 4.69) is 10.1 Å². The number of hydrogen-bond donors (Lipinski definition) is 0. The lowest BCUT2D eigenvalue weighted by Gasteiger charge is -2.20. The summed E-state index contributed by atoms with van der Waals surface area (Å²) in [6.45, 7) is 4.91. The first-order chi connectivity index (χ1) is 16.9. The Bertz CT molecular complexity index is 1370. The molecule has 2 aromatic carbocycles. The molecular weight excluding hydrogens is 506 g/mol. The smallest absolute Gasteiger partial charge is 0.356 e. The highest BCUT2D eigenvalue weighted by molar-refractivity contribution is 8.18. The molecule has 3 aromatic rings. The van der Waals surface area contributed by atoms with Crippen molar-refractivity contribution in [1.82, 2.24) is 14.7 Å². The Morgan fingerprint density at radius 1 is 1.00 bits per heavy atom. The van der Waals surface area contributed by atoms with E-state index in [0.29, 0.717) is 40.8 Å². The molecule has 190 valence electrons. The van der Waals surface area contributed by atoms with Gasteiger partial charge in [0.05, 0.1) is 28.1 Å². The number of fused-ring (bicyclic) bond motifs is 1. The summed E-state index contributed by atoms with van der Waals surface area (Å²) in [6.07, 6.45) is -6.51. The van der Waals surface area contributed by atoms with Gasteiger partial charge < -0.3 is 4.90 Å². The van der Waals surface area contributed by atoms with Crippen molar-refractivity contribution < 1.29 is 31.1 Å². The lowest BCUT2D eigenvalue weighted by Crippen LogP contribution is -2.29. The Balaban J connectivity index is 1.65. The second-order valence-electron chi connectivity index (χ2n) is 8.00. The van der Waals surface area contributed by atoms with Crippen LogP contribution in [-0.4, -0.2) is 38.8 Å². The predicted octanol–water partition coefficient (Wildman–Crippen LogP) is 7.07. The third kappa shape index (κ3) is 5.43. The SMILES string of the molecule is CCN(CC)C1=NC(=O)S/C1=C\c1ccc2nn(Cc3ccc(C(F)(F)F)cc3C(F)(F)F)cc2c1.